The highest BCUT2D eigenvalue weighted by Crippen LogP contribution is 2.43. The Labute approximate surface area is 571 Å². The van der Waals surface area contributed by atoms with Crippen molar-refractivity contribution < 1.29 is 42.1 Å². The maximum atomic E-state index is 12.9. The first-order chi connectivity index (χ1) is 45.0. The van der Waals surface area contributed by atoms with Gasteiger partial charge in [0, 0.05) is 12.8 Å². The average Bonchev–Trinajstić information content (AvgIpc) is 2.23. The molecule has 0 saturated carbocycles. The molecule has 1 N–H and O–H groups in total. The summed E-state index contributed by atoms with van der Waals surface area (Å²) in [4.78, 5) is 36.0. The van der Waals surface area contributed by atoms with E-state index in [1.807, 2.05) is 21.1 Å². The third-order valence-corrected chi connectivity index (χ3v) is 18.4. The second-order valence-electron chi connectivity index (χ2n) is 27.7. The number of nitrogens with zero attached hydrogens (tertiary/aromatic N) is 1. The molecule has 92 heavy (non-hydrogen) atoms. The molecule has 10 heteroatoms. The molecule has 0 aromatic carbocycles. The normalized spacial score (nSPS) is 13.5. The molecule has 0 aromatic rings. The van der Waals surface area contributed by atoms with Crippen LogP contribution in [0.2, 0.25) is 0 Å². The maximum absolute atomic E-state index is 12.9. The first-order valence-electron chi connectivity index (χ1n) is 39.3. The second-order valence-corrected chi connectivity index (χ2v) is 29.2. The molecule has 0 saturated heterocycles. The summed E-state index contributed by atoms with van der Waals surface area (Å²) in [5, 5.41) is 0. The minimum absolute atomic E-state index is 0.0317. The van der Waals surface area contributed by atoms with Crippen molar-refractivity contribution in [3.63, 3.8) is 0 Å². The molecule has 0 fully saturated rings. The van der Waals surface area contributed by atoms with Crippen LogP contribution >= 0.6 is 7.82 Å². The second kappa shape index (κ2) is 72.5. The van der Waals surface area contributed by atoms with Gasteiger partial charge in [-0.15, -0.1) is 0 Å². The van der Waals surface area contributed by atoms with Crippen molar-refractivity contribution in [2.24, 2.45) is 0 Å². The SMILES string of the molecule is CC/C=C\C/C=C\C/C=C\C/C=C\CCCCCCCCCCCCCCCCCCCCCCCCCCCCCCC(=O)OC(COC(=O)CCCCCCCCCCCCCC/C=C\C/C=C\C/C=C\CCCCCCC)COP(=O)(O)OCC[N+](C)(C)C. The van der Waals surface area contributed by atoms with Gasteiger partial charge in [0.2, 0.25) is 0 Å². The molecular weight excluding hydrogens is 1160 g/mol. The summed E-state index contributed by atoms with van der Waals surface area (Å²) in [6, 6.07) is 0. The van der Waals surface area contributed by atoms with Gasteiger partial charge in [0.1, 0.15) is 19.8 Å². The van der Waals surface area contributed by atoms with Crippen LogP contribution in [0.4, 0.5) is 0 Å². The van der Waals surface area contributed by atoms with Crippen LogP contribution in [0.3, 0.4) is 0 Å². The predicted molar refractivity (Wildman–Crippen MR) is 399 cm³/mol. The fraction of sp³-hybridized carbons (Fsp3) is 0.805. The van der Waals surface area contributed by atoms with Crippen molar-refractivity contribution in [3.8, 4) is 0 Å². The number of carbonyl (C=O) groups is 2. The number of esters is 2. The number of allylic oxidation sites excluding steroid dienone is 14. The van der Waals surface area contributed by atoms with E-state index in [0.717, 1.165) is 70.6 Å². The van der Waals surface area contributed by atoms with E-state index in [9.17, 15) is 19.0 Å². The summed E-state index contributed by atoms with van der Waals surface area (Å²) in [6.45, 7) is 4.36. The molecule has 536 valence electrons. The molecule has 0 aliphatic carbocycles. The smallest absolute Gasteiger partial charge is 0.462 e. The van der Waals surface area contributed by atoms with Crippen LogP contribution in [0.1, 0.15) is 373 Å². The molecular formula is C82H151NO8P+. The summed E-state index contributed by atoms with van der Waals surface area (Å²) >= 11 is 0. The summed E-state index contributed by atoms with van der Waals surface area (Å²) in [6.07, 6.45) is 100. The number of carbonyl (C=O) groups excluding carboxylic acids is 2. The number of likely N-dealkylation sites (N-methyl/N-ethyl adjacent to an activating group) is 1. The van der Waals surface area contributed by atoms with Gasteiger partial charge >= 0.3 is 19.8 Å². The van der Waals surface area contributed by atoms with Gasteiger partial charge in [-0.1, -0.05) is 356 Å². The number of unbranched alkanes of at least 4 members (excludes halogenated alkanes) is 45. The van der Waals surface area contributed by atoms with Gasteiger partial charge in [-0.05, 0) is 89.9 Å². The molecule has 0 aliphatic heterocycles. The quantitative estimate of drug-likeness (QED) is 0.0211. The number of rotatable bonds is 73. The molecule has 0 radical (unpaired) electrons. The molecule has 0 aliphatic rings. The Morgan fingerprint density at radius 3 is 0.924 bits per heavy atom. The molecule has 0 rings (SSSR count). The van der Waals surface area contributed by atoms with Crippen LogP contribution in [-0.4, -0.2) is 74.9 Å². The number of ether oxygens (including phenoxy) is 2. The number of phosphoric acid groups is 1. The zero-order chi connectivity index (χ0) is 66.9. The van der Waals surface area contributed by atoms with Gasteiger partial charge in [-0.25, -0.2) is 4.57 Å². The minimum atomic E-state index is -4.40. The molecule has 0 bridgehead atoms. The van der Waals surface area contributed by atoms with Gasteiger partial charge in [0.15, 0.2) is 6.10 Å². The van der Waals surface area contributed by atoms with Crippen LogP contribution < -0.4 is 0 Å². The highest BCUT2D eigenvalue weighted by Gasteiger charge is 2.27. The lowest BCUT2D eigenvalue weighted by atomic mass is 10.0. The maximum Gasteiger partial charge on any atom is 0.472 e. The fourth-order valence-corrected chi connectivity index (χ4v) is 12.2. The topological polar surface area (TPSA) is 108 Å². The molecule has 0 spiro atoms. The van der Waals surface area contributed by atoms with Crippen LogP contribution in [0, 0.1) is 0 Å². The Morgan fingerprint density at radius 2 is 0.620 bits per heavy atom. The highest BCUT2D eigenvalue weighted by atomic mass is 31.2. The fourth-order valence-electron chi connectivity index (χ4n) is 11.4. The van der Waals surface area contributed by atoms with Crippen molar-refractivity contribution in [1.29, 1.82) is 0 Å². The van der Waals surface area contributed by atoms with E-state index in [2.05, 4.69) is 98.9 Å². The zero-order valence-corrected chi connectivity index (χ0v) is 62.2. The van der Waals surface area contributed by atoms with Gasteiger partial charge in [0.05, 0.1) is 27.7 Å². The Bertz CT molecular complexity index is 1830. The monoisotopic (exact) mass is 1310 g/mol. The van der Waals surface area contributed by atoms with E-state index >= 15 is 0 Å². The van der Waals surface area contributed by atoms with Crippen LogP contribution in [0.25, 0.3) is 0 Å². The van der Waals surface area contributed by atoms with E-state index in [1.165, 1.54) is 270 Å². The van der Waals surface area contributed by atoms with E-state index in [0.29, 0.717) is 17.4 Å². The third kappa shape index (κ3) is 76.2. The van der Waals surface area contributed by atoms with Gasteiger partial charge in [0.25, 0.3) is 0 Å². The standard InChI is InChI=1S/C82H150NO8P/c1-6-8-10-12-14-16-18-20-22-24-26-28-30-32-34-35-36-37-38-39-40-41-42-43-44-45-46-47-49-51-53-55-57-59-61-63-65-67-69-71-73-75-82(85)91-80(79-90-92(86,87)89-77-76-83(3,4)5)78-88-81(84)74-72-70-68-66-64-62-60-58-56-54-52-50-48-33-31-29-27-25-23-21-19-17-15-13-11-9-7-2/h8,10,14,16,19-22,25-28,31,33,80H,6-7,9,11-13,15,17-18,23-24,29-30,32,34-79H2,1-5H3/p+1/b10-8-,16-14-,21-19-,22-20-,27-25-,28-26-,33-31-. The average molecular weight is 1310 g/mol. The van der Waals surface area contributed by atoms with E-state index in [1.54, 1.807) is 0 Å². The molecule has 2 atom stereocenters. The molecule has 0 aromatic heterocycles. The molecule has 9 nitrogen and oxygen atoms in total. The van der Waals surface area contributed by atoms with Crippen LogP contribution in [0.15, 0.2) is 85.1 Å². The van der Waals surface area contributed by atoms with Gasteiger partial charge in [-0.3, -0.25) is 18.6 Å². The third-order valence-electron chi connectivity index (χ3n) is 17.4. The summed E-state index contributed by atoms with van der Waals surface area (Å²) in [5.74, 6) is -0.783. The Hall–Kier alpha value is -2.81. The number of phosphoric ester groups is 1. The van der Waals surface area contributed by atoms with Gasteiger partial charge in [-0.2, -0.15) is 0 Å². The number of hydrogen-bond acceptors (Lipinski definition) is 7. The first kappa shape index (κ1) is 89.2. The van der Waals surface area contributed by atoms with Crippen molar-refractivity contribution in [1.82, 2.24) is 0 Å². The number of hydrogen-bond donors (Lipinski definition) is 1. The number of quaternary nitrogens is 1. The molecule has 2 unspecified atom stereocenters. The Balaban J connectivity index is 3.91. The lowest BCUT2D eigenvalue weighted by Crippen LogP contribution is -2.37. The summed E-state index contributed by atoms with van der Waals surface area (Å²) in [5.41, 5.74) is 0. The Morgan fingerprint density at radius 1 is 0.348 bits per heavy atom. The summed E-state index contributed by atoms with van der Waals surface area (Å²) in [7, 11) is 1.49. The van der Waals surface area contributed by atoms with Crippen molar-refractivity contribution in [2.45, 2.75) is 380 Å². The van der Waals surface area contributed by atoms with E-state index < -0.39 is 26.5 Å². The van der Waals surface area contributed by atoms with E-state index in [-0.39, 0.29) is 32.0 Å². The first-order valence-corrected chi connectivity index (χ1v) is 40.8. The summed E-state index contributed by atoms with van der Waals surface area (Å²) < 4.78 is 34.8. The molecule has 0 amide bonds. The highest BCUT2D eigenvalue weighted by molar-refractivity contribution is 7.47. The van der Waals surface area contributed by atoms with Crippen LogP contribution in [0.5, 0.6) is 0 Å². The van der Waals surface area contributed by atoms with Crippen molar-refractivity contribution in [3.05, 3.63) is 85.1 Å². The lowest BCUT2D eigenvalue weighted by molar-refractivity contribution is -0.870. The van der Waals surface area contributed by atoms with Crippen LogP contribution in [-0.2, 0) is 32.7 Å². The lowest BCUT2D eigenvalue weighted by Gasteiger charge is -2.24. The largest absolute Gasteiger partial charge is 0.472 e. The predicted octanol–water partition coefficient (Wildman–Crippen LogP) is 26.1. The minimum Gasteiger partial charge on any atom is -0.462 e. The van der Waals surface area contributed by atoms with Crippen molar-refractivity contribution >= 4 is 19.8 Å². The van der Waals surface area contributed by atoms with Crippen molar-refractivity contribution in [2.75, 3.05) is 47.5 Å². The zero-order valence-electron chi connectivity index (χ0n) is 61.3. The van der Waals surface area contributed by atoms with E-state index in [4.69, 9.17) is 18.5 Å². The molecule has 0 heterocycles. The Kier molecular flexibility index (Phi) is 70.2. The van der Waals surface area contributed by atoms with Gasteiger partial charge < -0.3 is 18.9 Å².